The second-order valence-corrected chi connectivity index (χ2v) is 3.85. The first-order chi connectivity index (χ1) is 9.02. The molecule has 1 rings (SSSR count). The lowest BCUT2D eigenvalue weighted by Crippen LogP contribution is -2.39. The van der Waals surface area contributed by atoms with Crippen LogP contribution in [0.1, 0.15) is 6.42 Å². The van der Waals surface area contributed by atoms with E-state index in [1.165, 1.54) is 30.3 Å². The lowest BCUT2D eigenvalue weighted by molar-refractivity contribution is -0.140. The van der Waals surface area contributed by atoms with E-state index in [0.717, 1.165) is 0 Å². The van der Waals surface area contributed by atoms with Gasteiger partial charge in [-0.25, -0.2) is 4.39 Å². The van der Waals surface area contributed by atoms with Crippen molar-refractivity contribution < 1.29 is 19.1 Å². The number of hydrogen-bond donors (Lipinski definition) is 3. The van der Waals surface area contributed by atoms with E-state index >= 15 is 0 Å². The van der Waals surface area contributed by atoms with Crippen molar-refractivity contribution in [3.05, 3.63) is 42.7 Å². The Morgan fingerprint density at radius 2 is 2.00 bits per heavy atom. The molecule has 0 aliphatic rings. The molecular weight excluding hydrogens is 251 g/mol. The fourth-order valence-corrected chi connectivity index (χ4v) is 1.40. The van der Waals surface area contributed by atoms with E-state index in [-0.39, 0.29) is 6.42 Å². The number of benzene rings is 1. The molecule has 6 heteroatoms. The molecule has 0 fully saturated rings. The van der Waals surface area contributed by atoms with E-state index in [4.69, 9.17) is 5.11 Å². The molecule has 0 radical (unpaired) electrons. The second-order valence-electron chi connectivity index (χ2n) is 3.85. The van der Waals surface area contributed by atoms with Crippen molar-refractivity contribution in [3.8, 4) is 0 Å². The monoisotopic (exact) mass is 266 g/mol. The maximum Gasteiger partial charge on any atom is 0.321 e. The van der Waals surface area contributed by atoms with Gasteiger partial charge in [0.2, 0.25) is 5.91 Å². The molecule has 0 aliphatic carbocycles. The molecule has 0 bridgehead atoms. The third kappa shape index (κ3) is 5.31. The highest BCUT2D eigenvalue weighted by Crippen LogP contribution is 2.09. The number of hydrogen-bond acceptors (Lipinski definition) is 3. The van der Waals surface area contributed by atoms with Gasteiger partial charge in [0.25, 0.3) is 0 Å². The van der Waals surface area contributed by atoms with Crippen molar-refractivity contribution in [3.63, 3.8) is 0 Å². The summed E-state index contributed by atoms with van der Waals surface area (Å²) in [5.74, 6) is -1.99. The second kappa shape index (κ2) is 7.27. The van der Waals surface area contributed by atoms with E-state index in [2.05, 4.69) is 17.2 Å². The van der Waals surface area contributed by atoms with Gasteiger partial charge in [-0.3, -0.25) is 9.59 Å². The lowest BCUT2D eigenvalue weighted by Gasteiger charge is -2.13. The van der Waals surface area contributed by atoms with Gasteiger partial charge in [0.15, 0.2) is 0 Å². The van der Waals surface area contributed by atoms with E-state index in [9.17, 15) is 14.0 Å². The molecule has 1 aromatic carbocycles. The number of carboxylic acid groups (broad SMARTS) is 1. The van der Waals surface area contributed by atoms with Crippen molar-refractivity contribution in [1.82, 2.24) is 5.32 Å². The molecular formula is C13H15FN2O3. The summed E-state index contributed by atoms with van der Waals surface area (Å²) < 4.78 is 12.7. The van der Waals surface area contributed by atoms with Crippen LogP contribution in [0.15, 0.2) is 36.9 Å². The summed E-state index contributed by atoms with van der Waals surface area (Å²) in [6, 6.07) is 4.24. The molecule has 0 spiro atoms. The number of carbonyl (C=O) groups excluding carboxylic acids is 1. The van der Waals surface area contributed by atoms with Gasteiger partial charge in [-0.05, 0) is 24.3 Å². The fourth-order valence-electron chi connectivity index (χ4n) is 1.40. The Bertz CT molecular complexity index is 459. The Hall–Kier alpha value is -2.21. The molecule has 0 aromatic heterocycles. The Labute approximate surface area is 110 Å². The number of carbonyl (C=O) groups is 2. The molecule has 0 aliphatic heterocycles. The summed E-state index contributed by atoms with van der Waals surface area (Å²) in [7, 11) is 0. The molecule has 0 saturated carbocycles. The van der Waals surface area contributed by atoms with Crippen LogP contribution in [-0.2, 0) is 9.59 Å². The SMILES string of the molecule is C=CCNC(CC(=O)Nc1ccc(F)cc1)C(=O)O. The van der Waals surface area contributed by atoms with E-state index in [0.29, 0.717) is 12.2 Å². The molecule has 102 valence electrons. The van der Waals surface area contributed by atoms with Gasteiger partial charge in [0.05, 0.1) is 6.42 Å². The van der Waals surface area contributed by atoms with Gasteiger partial charge in [0.1, 0.15) is 11.9 Å². The number of rotatable bonds is 7. The van der Waals surface area contributed by atoms with Crippen molar-refractivity contribution in [1.29, 1.82) is 0 Å². The average molecular weight is 266 g/mol. The third-order valence-electron chi connectivity index (χ3n) is 2.32. The quantitative estimate of drug-likeness (QED) is 0.651. The largest absolute Gasteiger partial charge is 0.480 e. The lowest BCUT2D eigenvalue weighted by atomic mass is 10.2. The van der Waals surface area contributed by atoms with Gasteiger partial charge in [-0.15, -0.1) is 6.58 Å². The van der Waals surface area contributed by atoms with Crippen LogP contribution in [0, 0.1) is 5.82 Å². The molecule has 1 amide bonds. The topological polar surface area (TPSA) is 78.4 Å². The summed E-state index contributed by atoms with van der Waals surface area (Å²) in [4.78, 5) is 22.6. The van der Waals surface area contributed by atoms with Crippen molar-refractivity contribution in [2.24, 2.45) is 0 Å². The summed E-state index contributed by atoms with van der Waals surface area (Å²) >= 11 is 0. The van der Waals surface area contributed by atoms with E-state index in [1.54, 1.807) is 0 Å². The van der Waals surface area contributed by atoms with Gasteiger partial charge in [0, 0.05) is 12.2 Å². The van der Waals surface area contributed by atoms with Crippen LogP contribution in [0.4, 0.5) is 10.1 Å². The number of amides is 1. The molecule has 0 heterocycles. The fraction of sp³-hybridized carbons (Fsp3) is 0.231. The normalized spacial score (nSPS) is 11.6. The highest BCUT2D eigenvalue weighted by Gasteiger charge is 2.20. The van der Waals surface area contributed by atoms with Crippen molar-refractivity contribution >= 4 is 17.6 Å². The summed E-state index contributed by atoms with van der Waals surface area (Å²) in [6.45, 7) is 3.75. The number of anilines is 1. The zero-order valence-corrected chi connectivity index (χ0v) is 10.2. The zero-order chi connectivity index (χ0) is 14.3. The molecule has 1 aromatic rings. The minimum atomic E-state index is -1.11. The third-order valence-corrected chi connectivity index (χ3v) is 2.32. The van der Waals surface area contributed by atoms with E-state index in [1.807, 2.05) is 0 Å². The van der Waals surface area contributed by atoms with Gasteiger partial charge < -0.3 is 15.7 Å². The number of carboxylic acids is 1. The van der Waals surface area contributed by atoms with Gasteiger partial charge in [-0.2, -0.15) is 0 Å². The molecule has 0 saturated heterocycles. The Balaban J connectivity index is 2.54. The highest BCUT2D eigenvalue weighted by molar-refractivity contribution is 5.94. The first-order valence-corrected chi connectivity index (χ1v) is 5.65. The minimum Gasteiger partial charge on any atom is -0.480 e. The highest BCUT2D eigenvalue weighted by atomic mass is 19.1. The number of halogens is 1. The maximum atomic E-state index is 12.7. The molecule has 19 heavy (non-hydrogen) atoms. The predicted octanol–water partition coefficient (Wildman–Crippen LogP) is 1.38. The van der Waals surface area contributed by atoms with Crippen LogP contribution >= 0.6 is 0 Å². The van der Waals surface area contributed by atoms with Crippen LogP contribution in [0.3, 0.4) is 0 Å². The predicted molar refractivity (Wildman–Crippen MR) is 69.3 cm³/mol. The van der Waals surface area contributed by atoms with Crippen molar-refractivity contribution in [2.45, 2.75) is 12.5 Å². The standard InChI is InChI=1S/C13H15FN2O3/c1-2-7-15-11(13(18)19)8-12(17)16-10-5-3-9(14)4-6-10/h2-6,11,15H,1,7-8H2,(H,16,17)(H,18,19). The van der Waals surface area contributed by atoms with E-state index < -0.39 is 23.7 Å². The first kappa shape index (κ1) is 14.8. The average Bonchev–Trinajstić information content (AvgIpc) is 2.37. The van der Waals surface area contributed by atoms with Crippen molar-refractivity contribution in [2.75, 3.05) is 11.9 Å². The minimum absolute atomic E-state index is 0.222. The zero-order valence-electron chi connectivity index (χ0n) is 10.2. The van der Waals surface area contributed by atoms with Gasteiger partial charge >= 0.3 is 5.97 Å². The number of nitrogens with one attached hydrogen (secondary N) is 2. The summed E-state index contributed by atoms with van der Waals surface area (Å²) in [5.41, 5.74) is 0.416. The smallest absolute Gasteiger partial charge is 0.321 e. The molecule has 3 N–H and O–H groups in total. The number of aliphatic carboxylic acids is 1. The Kier molecular flexibility index (Phi) is 5.69. The summed E-state index contributed by atoms with van der Waals surface area (Å²) in [6.07, 6.45) is 1.29. The molecule has 1 atom stereocenters. The summed E-state index contributed by atoms with van der Waals surface area (Å²) in [5, 5.41) is 14.1. The first-order valence-electron chi connectivity index (χ1n) is 5.65. The van der Waals surface area contributed by atoms with Crippen LogP contribution in [0.2, 0.25) is 0 Å². The Morgan fingerprint density at radius 3 is 2.53 bits per heavy atom. The van der Waals surface area contributed by atoms with Crippen LogP contribution in [-0.4, -0.2) is 29.6 Å². The Morgan fingerprint density at radius 1 is 1.37 bits per heavy atom. The molecule has 1 unspecified atom stereocenters. The van der Waals surface area contributed by atoms with Crippen LogP contribution in [0.5, 0.6) is 0 Å². The maximum absolute atomic E-state index is 12.7. The van der Waals surface area contributed by atoms with Crippen LogP contribution < -0.4 is 10.6 Å². The molecule has 5 nitrogen and oxygen atoms in total. The van der Waals surface area contributed by atoms with Gasteiger partial charge in [-0.1, -0.05) is 6.08 Å². The van der Waals surface area contributed by atoms with Crippen LogP contribution in [0.25, 0.3) is 0 Å².